The van der Waals surface area contributed by atoms with Crippen LogP contribution in [0.15, 0.2) is 57.6 Å². The van der Waals surface area contributed by atoms with E-state index in [0.717, 1.165) is 22.4 Å². The SMILES string of the molecule is CC(C)[C@H](O)C(=O)N[C@H]1Cc2ccc3c(c2)C2(c4ccccc4NC2O3)c2oc(nc2-c2nc(C(=O)NC(C)(C)C)co2)[C@H](C(C)C)NC1=O. The number of nitrogens with one attached hydrogen (secondary N) is 4. The number of aliphatic hydroxyl groups excluding tert-OH is 1. The number of fused-ring (bicyclic) bond motifs is 4. The Hall–Kier alpha value is -5.17. The minimum atomic E-state index is -1.29. The van der Waals surface area contributed by atoms with Gasteiger partial charge in [0.15, 0.2) is 23.4 Å². The molecule has 0 radical (unpaired) electrons. The van der Waals surface area contributed by atoms with E-state index in [0.29, 0.717) is 11.5 Å². The van der Waals surface area contributed by atoms with Crippen molar-refractivity contribution < 1.29 is 33.1 Å². The minimum Gasteiger partial charge on any atom is -0.469 e. The molecule has 1 spiro atoms. The zero-order valence-corrected chi connectivity index (χ0v) is 29.1. The topological polar surface area (TPSA) is 181 Å². The average molecular weight is 683 g/mol. The van der Waals surface area contributed by atoms with Crippen LogP contribution in [0.3, 0.4) is 0 Å². The smallest absolute Gasteiger partial charge is 0.273 e. The molecule has 4 bridgehead atoms. The largest absolute Gasteiger partial charge is 0.469 e. The highest BCUT2D eigenvalue weighted by Gasteiger charge is 2.61. The van der Waals surface area contributed by atoms with Crippen LogP contribution in [0.2, 0.25) is 0 Å². The van der Waals surface area contributed by atoms with Crippen LogP contribution in [0.5, 0.6) is 5.75 Å². The number of hydrogen-bond acceptors (Lipinski definition) is 10. The van der Waals surface area contributed by atoms with E-state index in [1.165, 1.54) is 6.26 Å². The van der Waals surface area contributed by atoms with Crippen molar-refractivity contribution in [3.8, 4) is 17.3 Å². The maximum atomic E-state index is 14.0. The molecule has 5 heterocycles. The maximum absolute atomic E-state index is 14.0. The predicted octanol–water partition coefficient (Wildman–Crippen LogP) is 4.21. The molecule has 5 N–H and O–H groups in total. The molecule has 3 aliphatic rings. The number of amides is 3. The summed E-state index contributed by atoms with van der Waals surface area (Å²) in [5, 5.41) is 22.8. The summed E-state index contributed by atoms with van der Waals surface area (Å²) in [7, 11) is 0. The molecular weight excluding hydrogens is 640 g/mol. The maximum Gasteiger partial charge on any atom is 0.273 e. The van der Waals surface area contributed by atoms with Gasteiger partial charge in [-0.2, -0.15) is 0 Å². The summed E-state index contributed by atoms with van der Waals surface area (Å²) in [6, 6.07) is 11.7. The predicted molar refractivity (Wildman–Crippen MR) is 182 cm³/mol. The average Bonchev–Trinajstić information content (AvgIpc) is 3.82. The Labute approximate surface area is 289 Å². The molecule has 5 atom stereocenters. The molecule has 2 aromatic heterocycles. The van der Waals surface area contributed by atoms with Gasteiger partial charge in [-0.25, -0.2) is 9.97 Å². The van der Waals surface area contributed by atoms with Crippen molar-refractivity contribution in [1.82, 2.24) is 25.9 Å². The highest BCUT2D eigenvalue weighted by molar-refractivity contribution is 5.93. The molecule has 7 rings (SSSR count). The first kappa shape index (κ1) is 33.3. The lowest BCUT2D eigenvalue weighted by Crippen LogP contribution is -2.52. The number of oxazole rings is 2. The highest BCUT2D eigenvalue weighted by atomic mass is 16.5. The lowest BCUT2D eigenvalue weighted by molar-refractivity contribution is -0.135. The quantitative estimate of drug-likeness (QED) is 0.198. The van der Waals surface area contributed by atoms with Gasteiger partial charge in [-0.05, 0) is 55.9 Å². The van der Waals surface area contributed by atoms with E-state index in [1.54, 1.807) is 13.8 Å². The molecule has 2 aromatic carbocycles. The molecular formula is C37H42N6O7. The second kappa shape index (κ2) is 12.0. The summed E-state index contributed by atoms with van der Waals surface area (Å²) in [6.45, 7) is 12.9. The normalized spacial score (nSPS) is 22.8. The van der Waals surface area contributed by atoms with E-state index in [2.05, 4.69) is 26.3 Å². The Morgan fingerprint density at radius 2 is 1.80 bits per heavy atom. The number of para-hydroxylation sites is 1. The molecule has 50 heavy (non-hydrogen) atoms. The third-order valence-electron chi connectivity index (χ3n) is 9.38. The molecule has 13 nitrogen and oxygen atoms in total. The zero-order chi connectivity index (χ0) is 35.7. The van der Waals surface area contributed by atoms with Crippen molar-refractivity contribution in [2.45, 2.75) is 90.3 Å². The van der Waals surface area contributed by atoms with Gasteiger partial charge in [-0.1, -0.05) is 58.0 Å². The summed E-state index contributed by atoms with van der Waals surface area (Å²) in [4.78, 5) is 49.8. The van der Waals surface area contributed by atoms with Crippen LogP contribution in [0.1, 0.15) is 93.3 Å². The van der Waals surface area contributed by atoms with Crippen LogP contribution in [-0.4, -0.2) is 56.7 Å². The summed E-state index contributed by atoms with van der Waals surface area (Å²) < 4.78 is 19.4. The van der Waals surface area contributed by atoms with Crippen LogP contribution in [0.25, 0.3) is 11.6 Å². The number of aromatic nitrogens is 2. The number of hydrogen-bond donors (Lipinski definition) is 5. The second-order valence-electron chi connectivity index (χ2n) is 15.0. The first-order chi connectivity index (χ1) is 23.7. The van der Waals surface area contributed by atoms with Crippen LogP contribution in [-0.2, 0) is 21.4 Å². The standard InChI is InChI=1S/C37H42N6O7/c1-17(2)26-34-42-27(33-39-24(16-48-33)31(46)43-36(5,6)7)29(50-34)37-20-10-8-9-11-22(20)40-35(37)49-25-13-12-19(14-21(25)37)15-23(30(45)41-26)38-32(47)28(44)18(3)4/h8-14,16-18,23,26,28,35,40,44H,15H2,1-7H3,(H,38,47)(H,41,45)(H,43,46)/t23-,26-,28-,35?,37?/m0/s1. The van der Waals surface area contributed by atoms with Gasteiger partial charge in [0, 0.05) is 23.2 Å². The van der Waals surface area contributed by atoms with E-state index in [9.17, 15) is 19.5 Å². The van der Waals surface area contributed by atoms with Crippen LogP contribution in [0, 0.1) is 11.8 Å². The van der Waals surface area contributed by atoms with Gasteiger partial charge in [-0.15, -0.1) is 0 Å². The number of nitrogens with zero attached hydrogens (tertiary/aromatic N) is 2. The van der Waals surface area contributed by atoms with E-state index in [1.807, 2.05) is 77.1 Å². The molecule has 3 aliphatic heterocycles. The van der Waals surface area contributed by atoms with Gasteiger partial charge >= 0.3 is 0 Å². The number of carbonyl (C=O) groups excluding carboxylic acids is 3. The number of rotatable bonds is 6. The molecule has 0 fully saturated rings. The van der Waals surface area contributed by atoms with Crippen molar-refractivity contribution in [1.29, 1.82) is 0 Å². The number of ether oxygens (including phenoxy) is 1. The lowest BCUT2D eigenvalue weighted by atomic mass is 9.72. The number of carbonyl (C=O) groups is 3. The Morgan fingerprint density at radius 1 is 1.04 bits per heavy atom. The van der Waals surface area contributed by atoms with Crippen LogP contribution >= 0.6 is 0 Å². The Morgan fingerprint density at radius 3 is 2.52 bits per heavy atom. The van der Waals surface area contributed by atoms with Gasteiger partial charge in [-0.3, -0.25) is 14.4 Å². The molecule has 3 amide bonds. The summed E-state index contributed by atoms with van der Waals surface area (Å²) in [5.74, 6) is -0.859. The van der Waals surface area contributed by atoms with Crippen LogP contribution < -0.4 is 26.0 Å². The minimum absolute atomic E-state index is 0.0627. The Balaban J connectivity index is 1.45. The Kier molecular flexibility index (Phi) is 8.00. The molecule has 13 heteroatoms. The van der Waals surface area contributed by atoms with E-state index >= 15 is 0 Å². The fraction of sp³-hybridized carbons (Fsp3) is 0.432. The molecule has 4 aromatic rings. The van der Waals surface area contributed by atoms with Crippen LogP contribution in [0.4, 0.5) is 5.69 Å². The van der Waals surface area contributed by atoms with Crippen molar-refractivity contribution >= 4 is 23.4 Å². The lowest BCUT2D eigenvalue weighted by Gasteiger charge is -2.29. The van der Waals surface area contributed by atoms with E-state index in [4.69, 9.17) is 18.6 Å². The van der Waals surface area contributed by atoms with Gasteiger partial charge in [0.1, 0.15) is 35.6 Å². The number of anilines is 1. The Bertz CT molecular complexity index is 1990. The second-order valence-corrected chi connectivity index (χ2v) is 15.0. The monoisotopic (exact) mass is 682 g/mol. The number of benzene rings is 2. The summed E-state index contributed by atoms with van der Waals surface area (Å²) >= 11 is 0. The summed E-state index contributed by atoms with van der Waals surface area (Å²) in [5.41, 5.74) is 1.94. The van der Waals surface area contributed by atoms with Gasteiger partial charge in [0.2, 0.25) is 23.6 Å². The summed E-state index contributed by atoms with van der Waals surface area (Å²) in [6.07, 6.45) is -0.524. The first-order valence-corrected chi connectivity index (χ1v) is 16.9. The van der Waals surface area contributed by atoms with Crippen molar-refractivity contribution in [3.05, 3.63) is 82.8 Å². The molecule has 262 valence electrons. The van der Waals surface area contributed by atoms with E-state index in [-0.39, 0.29) is 41.4 Å². The van der Waals surface area contributed by atoms with Crippen molar-refractivity contribution in [3.63, 3.8) is 0 Å². The first-order valence-electron chi connectivity index (χ1n) is 16.9. The van der Waals surface area contributed by atoms with Gasteiger partial charge in [0.25, 0.3) is 5.91 Å². The zero-order valence-electron chi connectivity index (χ0n) is 29.1. The van der Waals surface area contributed by atoms with E-state index < -0.39 is 53.1 Å². The molecule has 0 aliphatic carbocycles. The van der Waals surface area contributed by atoms with Gasteiger partial charge < -0.3 is 39.9 Å². The third-order valence-corrected chi connectivity index (χ3v) is 9.38. The fourth-order valence-corrected chi connectivity index (χ4v) is 6.90. The third kappa shape index (κ3) is 5.49. The van der Waals surface area contributed by atoms with Gasteiger partial charge in [0.05, 0.1) is 0 Å². The molecule has 0 saturated carbocycles. The fourth-order valence-electron chi connectivity index (χ4n) is 6.90. The molecule has 0 saturated heterocycles. The van der Waals surface area contributed by atoms with Crippen molar-refractivity contribution in [2.24, 2.45) is 11.8 Å². The molecule has 2 unspecified atom stereocenters. The number of aliphatic hydroxyl groups is 1. The van der Waals surface area contributed by atoms with Crippen molar-refractivity contribution in [2.75, 3.05) is 5.32 Å². The highest BCUT2D eigenvalue weighted by Crippen LogP contribution is 2.59.